The summed E-state index contributed by atoms with van der Waals surface area (Å²) in [5.41, 5.74) is 3.16. The number of rotatable bonds is 7. The van der Waals surface area contributed by atoms with Crippen LogP contribution < -0.4 is 0 Å². The van der Waals surface area contributed by atoms with Gasteiger partial charge in [-0.2, -0.15) is 10.5 Å². The maximum absolute atomic E-state index is 12.0. The highest BCUT2D eigenvalue weighted by atomic mass is 32.2. The van der Waals surface area contributed by atoms with Crippen LogP contribution in [0.1, 0.15) is 22.3 Å². The summed E-state index contributed by atoms with van der Waals surface area (Å²) in [4.78, 5) is 0. The van der Waals surface area contributed by atoms with Gasteiger partial charge in [-0.15, -0.1) is 0 Å². The van der Waals surface area contributed by atoms with Gasteiger partial charge in [0, 0.05) is 13.1 Å². The van der Waals surface area contributed by atoms with Crippen LogP contribution in [0.2, 0.25) is 0 Å². The van der Waals surface area contributed by atoms with Gasteiger partial charge in [0.05, 0.1) is 29.5 Å². The highest BCUT2D eigenvalue weighted by Crippen LogP contribution is 2.10. The second-order valence-electron chi connectivity index (χ2n) is 5.78. The van der Waals surface area contributed by atoms with Crippen molar-refractivity contribution < 1.29 is 8.42 Å². The van der Waals surface area contributed by atoms with Crippen LogP contribution >= 0.6 is 0 Å². The van der Waals surface area contributed by atoms with Gasteiger partial charge < -0.3 is 0 Å². The van der Waals surface area contributed by atoms with Crippen molar-refractivity contribution in [3.63, 3.8) is 0 Å². The number of sulfonamides is 1. The van der Waals surface area contributed by atoms with Crippen LogP contribution in [-0.4, -0.2) is 32.1 Å². The molecule has 2 aromatic rings. The van der Waals surface area contributed by atoms with Crippen molar-refractivity contribution >= 4 is 10.0 Å². The standard InChI is InChI=1S/C19H19N3O2S/c1-25(23,24)22(12-10-16-2-6-18(14-20)7-3-16)13-11-17-4-8-19(15-21)9-5-17/h2-9H,10-13H2,1H3. The van der Waals surface area contributed by atoms with Crippen molar-refractivity contribution in [3.05, 3.63) is 70.8 Å². The summed E-state index contributed by atoms with van der Waals surface area (Å²) in [5.74, 6) is 0. The summed E-state index contributed by atoms with van der Waals surface area (Å²) in [6, 6.07) is 18.4. The van der Waals surface area contributed by atoms with Crippen molar-refractivity contribution in [2.75, 3.05) is 19.3 Å². The molecule has 0 heterocycles. The zero-order valence-electron chi connectivity index (χ0n) is 14.0. The fourth-order valence-corrected chi connectivity index (χ4v) is 3.29. The normalized spacial score (nSPS) is 11.0. The van der Waals surface area contributed by atoms with E-state index in [0.717, 1.165) is 11.1 Å². The van der Waals surface area contributed by atoms with E-state index in [1.165, 1.54) is 10.6 Å². The van der Waals surface area contributed by atoms with Crippen LogP contribution in [0.4, 0.5) is 0 Å². The molecule has 0 spiro atoms. The minimum absolute atomic E-state index is 0.390. The van der Waals surface area contributed by atoms with Gasteiger partial charge >= 0.3 is 0 Å². The Kier molecular flexibility index (Phi) is 6.30. The van der Waals surface area contributed by atoms with Gasteiger partial charge in [-0.05, 0) is 48.2 Å². The molecular weight excluding hydrogens is 334 g/mol. The molecule has 0 unspecified atom stereocenters. The second-order valence-corrected chi connectivity index (χ2v) is 7.76. The lowest BCUT2D eigenvalue weighted by atomic mass is 10.1. The Bertz CT molecular complexity index is 828. The number of nitrogens with zero attached hydrogens (tertiary/aromatic N) is 3. The van der Waals surface area contributed by atoms with Crippen LogP contribution in [0.15, 0.2) is 48.5 Å². The monoisotopic (exact) mass is 353 g/mol. The first kappa shape index (κ1) is 18.7. The van der Waals surface area contributed by atoms with E-state index in [1.54, 1.807) is 24.3 Å². The van der Waals surface area contributed by atoms with Crippen LogP contribution in [-0.2, 0) is 22.9 Å². The number of hydrogen-bond acceptors (Lipinski definition) is 4. The summed E-state index contributed by atoms with van der Waals surface area (Å²) in [7, 11) is -3.30. The van der Waals surface area contributed by atoms with Gasteiger partial charge in [0.15, 0.2) is 0 Å². The molecule has 128 valence electrons. The molecule has 0 fully saturated rings. The summed E-state index contributed by atoms with van der Waals surface area (Å²) in [5, 5.41) is 17.6. The van der Waals surface area contributed by atoms with Crippen molar-refractivity contribution in [2.24, 2.45) is 0 Å². The molecular formula is C19H19N3O2S. The Hall–Kier alpha value is -2.67. The second kappa shape index (κ2) is 8.43. The third-order valence-electron chi connectivity index (χ3n) is 3.93. The Morgan fingerprint density at radius 2 is 1.16 bits per heavy atom. The minimum Gasteiger partial charge on any atom is -0.213 e. The molecule has 0 aliphatic heterocycles. The first-order valence-corrected chi connectivity index (χ1v) is 9.70. The summed E-state index contributed by atoms with van der Waals surface area (Å²) < 4.78 is 25.5. The fraction of sp³-hybridized carbons (Fsp3) is 0.263. The maximum Gasteiger partial charge on any atom is 0.211 e. The third kappa shape index (κ3) is 5.72. The first-order valence-electron chi connectivity index (χ1n) is 7.85. The average Bonchev–Trinajstić information content (AvgIpc) is 2.61. The summed E-state index contributed by atoms with van der Waals surface area (Å²) >= 11 is 0. The molecule has 0 aliphatic carbocycles. The Morgan fingerprint density at radius 1 is 0.800 bits per heavy atom. The molecule has 0 atom stereocenters. The molecule has 0 saturated heterocycles. The zero-order chi connectivity index (χ0) is 18.3. The van der Waals surface area contributed by atoms with Crippen LogP contribution in [0.5, 0.6) is 0 Å². The molecule has 6 heteroatoms. The Morgan fingerprint density at radius 3 is 1.44 bits per heavy atom. The predicted octanol–water partition coefficient (Wildman–Crippen LogP) is 2.48. The van der Waals surface area contributed by atoms with Crippen LogP contribution in [0.3, 0.4) is 0 Å². The third-order valence-corrected chi connectivity index (χ3v) is 5.24. The molecule has 0 N–H and O–H groups in total. The van der Waals surface area contributed by atoms with Crippen molar-refractivity contribution in [2.45, 2.75) is 12.8 Å². The predicted molar refractivity (Wildman–Crippen MR) is 96.1 cm³/mol. The fourth-order valence-electron chi connectivity index (χ4n) is 2.44. The smallest absolute Gasteiger partial charge is 0.211 e. The SMILES string of the molecule is CS(=O)(=O)N(CCc1ccc(C#N)cc1)CCc1ccc(C#N)cc1. The lowest BCUT2D eigenvalue weighted by Gasteiger charge is -2.20. The molecule has 2 aromatic carbocycles. The number of hydrogen-bond donors (Lipinski definition) is 0. The zero-order valence-corrected chi connectivity index (χ0v) is 14.8. The molecule has 0 bridgehead atoms. The molecule has 0 radical (unpaired) electrons. The van der Waals surface area contributed by atoms with Crippen LogP contribution in [0, 0.1) is 22.7 Å². The van der Waals surface area contributed by atoms with E-state index in [9.17, 15) is 8.42 Å². The summed E-state index contributed by atoms with van der Waals surface area (Å²) in [6.07, 6.45) is 2.39. The van der Waals surface area contributed by atoms with Gasteiger partial charge in [0.2, 0.25) is 10.0 Å². The lowest BCUT2D eigenvalue weighted by molar-refractivity contribution is 0.421. The molecule has 0 aromatic heterocycles. The Labute approximate surface area is 148 Å². The van der Waals surface area contributed by atoms with E-state index in [2.05, 4.69) is 12.1 Å². The van der Waals surface area contributed by atoms with E-state index in [-0.39, 0.29) is 0 Å². The van der Waals surface area contributed by atoms with Gasteiger partial charge in [0.1, 0.15) is 0 Å². The molecule has 25 heavy (non-hydrogen) atoms. The van der Waals surface area contributed by atoms with Crippen molar-refractivity contribution in [3.8, 4) is 12.1 Å². The topological polar surface area (TPSA) is 85.0 Å². The highest BCUT2D eigenvalue weighted by Gasteiger charge is 2.16. The molecule has 0 aliphatic rings. The molecule has 2 rings (SSSR count). The minimum atomic E-state index is -3.30. The van der Waals surface area contributed by atoms with Gasteiger partial charge in [-0.3, -0.25) is 0 Å². The van der Waals surface area contributed by atoms with Crippen molar-refractivity contribution in [1.29, 1.82) is 10.5 Å². The van der Waals surface area contributed by atoms with E-state index >= 15 is 0 Å². The molecule has 0 saturated carbocycles. The summed E-state index contributed by atoms with van der Waals surface area (Å²) in [6.45, 7) is 0.780. The van der Waals surface area contributed by atoms with Gasteiger partial charge in [-0.25, -0.2) is 12.7 Å². The average molecular weight is 353 g/mol. The molecule has 5 nitrogen and oxygen atoms in total. The van der Waals surface area contributed by atoms with E-state index < -0.39 is 10.0 Å². The maximum atomic E-state index is 12.0. The number of benzene rings is 2. The number of nitriles is 2. The Balaban J connectivity index is 1.98. The van der Waals surface area contributed by atoms with E-state index in [1.807, 2.05) is 24.3 Å². The molecule has 0 amide bonds. The first-order chi connectivity index (χ1) is 11.9. The van der Waals surface area contributed by atoms with Gasteiger partial charge in [-0.1, -0.05) is 24.3 Å². The lowest BCUT2D eigenvalue weighted by Crippen LogP contribution is -2.33. The van der Waals surface area contributed by atoms with Crippen molar-refractivity contribution in [1.82, 2.24) is 4.31 Å². The largest absolute Gasteiger partial charge is 0.213 e. The van der Waals surface area contributed by atoms with Crippen LogP contribution in [0.25, 0.3) is 0 Å². The highest BCUT2D eigenvalue weighted by molar-refractivity contribution is 7.88. The van der Waals surface area contributed by atoms with E-state index in [0.29, 0.717) is 37.1 Å². The quantitative estimate of drug-likeness (QED) is 0.765. The van der Waals surface area contributed by atoms with E-state index in [4.69, 9.17) is 10.5 Å². The van der Waals surface area contributed by atoms with Gasteiger partial charge in [0.25, 0.3) is 0 Å².